The lowest BCUT2D eigenvalue weighted by molar-refractivity contribution is -0.121. The van der Waals surface area contributed by atoms with Gasteiger partial charge in [-0.2, -0.15) is 5.10 Å². The van der Waals surface area contributed by atoms with Gasteiger partial charge in [0.1, 0.15) is 11.5 Å². The van der Waals surface area contributed by atoms with Crippen LogP contribution in [0, 0.1) is 6.92 Å². The molecule has 19 heavy (non-hydrogen) atoms. The second-order valence-electron chi connectivity index (χ2n) is 4.23. The summed E-state index contributed by atoms with van der Waals surface area (Å²) in [7, 11) is 0. The number of aryl methyl sites for hydroxylation is 2. The maximum absolute atomic E-state index is 11.6. The lowest BCUT2D eigenvalue weighted by Crippen LogP contribution is -2.17. The van der Waals surface area contributed by atoms with Gasteiger partial charge in [-0.3, -0.25) is 4.79 Å². The van der Waals surface area contributed by atoms with Gasteiger partial charge < -0.3 is 4.42 Å². The quantitative estimate of drug-likeness (QED) is 0.660. The van der Waals surface area contributed by atoms with Gasteiger partial charge >= 0.3 is 0 Å². The smallest absolute Gasteiger partial charge is 0.240 e. The average Bonchev–Trinajstić information content (AvgIpc) is 2.83. The van der Waals surface area contributed by atoms with Crippen molar-refractivity contribution in [2.75, 3.05) is 0 Å². The number of nitrogens with zero attached hydrogens (tertiary/aromatic N) is 1. The van der Waals surface area contributed by atoms with Crippen molar-refractivity contribution in [2.45, 2.75) is 19.8 Å². The first-order chi connectivity index (χ1) is 9.24. The Morgan fingerprint density at radius 2 is 2.05 bits per heavy atom. The van der Waals surface area contributed by atoms with Crippen molar-refractivity contribution >= 4 is 12.1 Å². The third-order valence-electron chi connectivity index (χ3n) is 2.63. The van der Waals surface area contributed by atoms with Crippen LogP contribution in [0.2, 0.25) is 0 Å². The Labute approximate surface area is 112 Å². The van der Waals surface area contributed by atoms with Gasteiger partial charge in [0.05, 0.1) is 6.21 Å². The second kappa shape index (κ2) is 6.54. The van der Waals surface area contributed by atoms with Gasteiger partial charge in [0.2, 0.25) is 5.91 Å². The largest absolute Gasteiger partial charge is 0.460 e. The summed E-state index contributed by atoms with van der Waals surface area (Å²) in [4.78, 5) is 11.6. The molecule has 2 rings (SSSR count). The molecular weight excluding hydrogens is 240 g/mol. The topological polar surface area (TPSA) is 54.6 Å². The summed E-state index contributed by atoms with van der Waals surface area (Å²) >= 11 is 0. The molecule has 0 fully saturated rings. The number of carbonyl (C=O) groups excluding carboxylic acids is 1. The van der Waals surface area contributed by atoms with E-state index in [1.165, 1.54) is 6.21 Å². The summed E-state index contributed by atoms with van der Waals surface area (Å²) in [6.45, 7) is 1.86. The molecule has 1 heterocycles. The minimum absolute atomic E-state index is 0.108. The number of hydrogen-bond acceptors (Lipinski definition) is 3. The molecule has 0 unspecified atom stereocenters. The third kappa shape index (κ3) is 4.43. The predicted octanol–water partition coefficient (Wildman–Crippen LogP) is 2.67. The molecule has 1 aromatic carbocycles. The molecule has 4 heteroatoms. The van der Waals surface area contributed by atoms with Crippen molar-refractivity contribution in [1.82, 2.24) is 5.43 Å². The van der Waals surface area contributed by atoms with E-state index in [1.807, 2.05) is 43.3 Å². The highest BCUT2D eigenvalue weighted by Crippen LogP contribution is 2.03. The summed E-state index contributed by atoms with van der Waals surface area (Å²) < 4.78 is 5.29. The Morgan fingerprint density at radius 1 is 1.26 bits per heavy atom. The van der Waals surface area contributed by atoms with E-state index in [0.717, 1.165) is 11.3 Å². The van der Waals surface area contributed by atoms with E-state index in [-0.39, 0.29) is 5.91 Å². The van der Waals surface area contributed by atoms with Gasteiger partial charge in [-0.25, -0.2) is 5.43 Å². The van der Waals surface area contributed by atoms with Crippen molar-refractivity contribution in [1.29, 1.82) is 0 Å². The Hall–Kier alpha value is -2.36. The van der Waals surface area contributed by atoms with Crippen LogP contribution in [0.15, 0.2) is 52.0 Å². The van der Waals surface area contributed by atoms with Crippen molar-refractivity contribution in [3.8, 4) is 0 Å². The Bertz CT molecular complexity index is 559. The molecule has 0 aliphatic rings. The van der Waals surface area contributed by atoms with E-state index in [9.17, 15) is 4.79 Å². The number of carbonyl (C=O) groups is 1. The van der Waals surface area contributed by atoms with Crippen LogP contribution in [0.3, 0.4) is 0 Å². The van der Waals surface area contributed by atoms with Crippen LogP contribution in [0.5, 0.6) is 0 Å². The second-order valence-corrected chi connectivity index (χ2v) is 4.23. The number of hydrogen-bond donors (Lipinski definition) is 1. The van der Waals surface area contributed by atoms with Crippen molar-refractivity contribution in [2.24, 2.45) is 5.10 Å². The lowest BCUT2D eigenvalue weighted by atomic mass is 10.1. The molecular formula is C15H16N2O2. The standard InChI is InChI=1S/C15H16N2O2/c1-12-7-9-14(19-12)11-16-17-15(18)10-8-13-5-3-2-4-6-13/h2-7,9,11H,8,10H2,1H3,(H,17,18)/b16-11+. The van der Waals surface area contributed by atoms with E-state index in [0.29, 0.717) is 18.6 Å². The van der Waals surface area contributed by atoms with Crippen LogP contribution in [0.1, 0.15) is 23.5 Å². The predicted molar refractivity (Wildman–Crippen MR) is 73.9 cm³/mol. The summed E-state index contributed by atoms with van der Waals surface area (Å²) in [6, 6.07) is 13.5. The van der Waals surface area contributed by atoms with E-state index in [1.54, 1.807) is 6.07 Å². The first kappa shape index (κ1) is 13.1. The average molecular weight is 256 g/mol. The third-order valence-corrected chi connectivity index (χ3v) is 2.63. The number of furan rings is 1. The van der Waals surface area contributed by atoms with Gasteiger partial charge in [-0.1, -0.05) is 30.3 Å². The van der Waals surface area contributed by atoms with E-state index in [2.05, 4.69) is 10.5 Å². The van der Waals surface area contributed by atoms with Gasteiger partial charge in [0.15, 0.2) is 0 Å². The lowest BCUT2D eigenvalue weighted by Gasteiger charge is -2.00. The van der Waals surface area contributed by atoms with E-state index in [4.69, 9.17) is 4.42 Å². The van der Waals surface area contributed by atoms with E-state index >= 15 is 0 Å². The van der Waals surface area contributed by atoms with Gasteiger partial charge in [0, 0.05) is 6.42 Å². The molecule has 98 valence electrons. The highest BCUT2D eigenvalue weighted by Gasteiger charge is 2.00. The Balaban J connectivity index is 1.74. The zero-order valence-electron chi connectivity index (χ0n) is 10.8. The zero-order chi connectivity index (χ0) is 13.5. The molecule has 0 aliphatic heterocycles. The van der Waals surface area contributed by atoms with Gasteiger partial charge in [-0.05, 0) is 31.0 Å². The monoisotopic (exact) mass is 256 g/mol. The molecule has 2 aromatic rings. The van der Waals surface area contributed by atoms with Crippen LogP contribution in [0.4, 0.5) is 0 Å². The molecule has 0 saturated heterocycles. The number of nitrogens with one attached hydrogen (secondary N) is 1. The minimum atomic E-state index is -0.108. The fraction of sp³-hybridized carbons (Fsp3) is 0.200. The van der Waals surface area contributed by atoms with Crippen LogP contribution in [-0.2, 0) is 11.2 Å². The molecule has 0 saturated carbocycles. The summed E-state index contributed by atoms with van der Waals surface area (Å²) in [5, 5.41) is 3.85. The fourth-order valence-electron chi connectivity index (χ4n) is 1.65. The van der Waals surface area contributed by atoms with Crippen LogP contribution in [0.25, 0.3) is 0 Å². The van der Waals surface area contributed by atoms with Gasteiger partial charge in [0.25, 0.3) is 0 Å². The van der Waals surface area contributed by atoms with Gasteiger partial charge in [-0.15, -0.1) is 0 Å². The SMILES string of the molecule is Cc1ccc(/C=N/NC(=O)CCc2ccccc2)o1. The minimum Gasteiger partial charge on any atom is -0.460 e. The van der Waals surface area contributed by atoms with E-state index < -0.39 is 0 Å². The molecule has 0 bridgehead atoms. The van der Waals surface area contributed by atoms with Crippen LogP contribution < -0.4 is 5.43 Å². The fourth-order valence-corrected chi connectivity index (χ4v) is 1.65. The Morgan fingerprint density at radius 3 is 2.74 bits per heavy atom. The van der Waals surface area contributed by atoms with Crippen molar-refractivity contribution < 1.29 is 9.21 Å². The Kier molecular flexibility index (Phi) is 4.50. The summed E-state index contributed by atoms with van der Waals surface area (Å²) in [6.07, 6.45) is 2.62. The molecule has 4 nitrogen and oxygen atoms in total. The molecule has 0 spiro atoms. The number of amides is 1. The molecule has 0 aliphatic carbocycles. The maximum Gasteiger partial charge on any atom is 0.240 e. The highest BCUT2D eigenvalue weighted by atomic mass is 16.3. The molecule has 1 amide bonds. The summed E-state index contributed by atoms with van der Waals surface area (Å²) in [5.74, 6) is 1.33. The number of rotatable bonds is 5. The normalized spacial score (nSPS) is 10.8. The molecule has 0 atom stereocenters. The zero-order valence-corrected chi connectivity index (χ0v) is 10.8. The van der Waals surface area contributed by atoms with Crippen LogP contribution in [-0.4, -0.2) is 12.1 Å². The molecule has 1 N–H and O–H groups in total. The number of hydrazone groups is 1. The molecule has 1 aromatic heterocycles. The number of benzene rings is 1. The van der Waals surface area contributed by atoms with Crippen molar-refractivity contribution in [3.05, 3.63) is 59.5 Å². The summed E-state index contributed by atoms with van der Waals surface area (Å²) in [5.41, 5.74) is 3.62. The highest BCUT2D eigenvalue weighted by molar-refractivity contribution is 5.80. The first-order valence-electron chi connectivity index (χ1n) is 6.16. The maximum atomic E-state index is 11.6. The first-order valence-corrected chi connectivity index (χ1v) is 6.16. The van der Waals surface area contributed by atoms with Crippen molar-refractivity contribution in [3.63, 3.8) is 0 Å². The van der Waals surface area contributed by atoms with Crippen LogP contribution >= 0.6 is 0 Å². The molecule has 0 radical (unpaired) electrons.